The van der Waals surface area contributed by atoms with Crippen molar-refractivity contribution in [3.63, 3.8) is 0 Å². The van der Waals surface area contributed by atoms with Crippen molar-refractivity contribution in [2.75, 3.05) is 11.9 Å². The quantitative estimate of drug-likeness (QED) is 0.781. The van der Waals surface area contributed by atoms with Crippen LogP contribution in [0, 0.1) is 6.92 Å². The Bertz CT molecular complexity index is 665. The summed E-state index contributed by atoms with van der Waals surface area (Å²) >= 11 is 0. The zero-order chi connectivity index (χ0) is 17.4. The van der Waals surface area contributed by atoms with Crippen LogP contribution in [0.2, 0.25) is 0 Å². The molecular formula is C19H25N3O2. The molecule has 2 amide bonds. The first-order valence-corrected chi connectivity index (χ1v) is 8.37. The number of benzene rings is 1. The number of nitrogens with zero attached hydrogens (tertiary/aromatic N) is 1. The third-order valence-corrected chi connectivity index (χ3v) is 3.81. The maximum Gasteiger partial charge on any atom is 0.243 e. The van der Waals surface area contributed by atoms with Gasteiger partial charge in [0.2, 0.25) is 11.8 Å². The van der Waals surface area contributed by atoms with E-state index in [-0.39, 0.29) is 24.3 Å². The Hall–Kier alpha value is -2.56. The van der Waals surface area contributed by atoms with Crippen LogP contribution in [0.1, 0.15) is 37.8 Å². The number of hydrogen-bond acceptors (Lipinski definition) is 2. The summed E-state index contributed by atoms with van der Waals surface area (Å²) in [5.74, 6) is -0.148. The highest BCUT2D eigenvalue weighted by molar-refractivity contribution is 5.91. The molecule has 0 radical (unpaired) electrons. The van der Waals surface area contributed by atoms with Crippen molar-refractivity contribution < 1.29 is 9.59 Å². The Morgan fingerprint density at radius 1 is 1.17 bits per heavy atom. The molecule has 1 unspecified atom stereocenters. The van der Waals surface area contributed by atoms with E-state index in [1.807, 2.05) is 60.3 Å². The zero-order valence-electron chi connectivity index (χ0n) is 14.3. The second kappa shape index (κ2) is 8.91. The van der Waals surface area contributed by atoms with Crippen molar-refractivity contribution in [2.24, 2.45) is 0 Å². The summed E-state index contributed by atoms with van der Waals surface area (Å²) in [6, 6.07) is 11.2. The van der Waals surface area contributed by atoms with E-state index in [1.54, 1.807) is 0 Å². The van der Waals surface area contributed by atoms with E-state index < -0.39 is 0 Å². The molecule has 128 valence electrons. The number of rotatable bonds is 8. The Morgan fingerprint density at radius 2 is 1.92 bits per heavy atom. The summed E-state index contributed by atoms with van der Waals surface area (Å²) in [4.78, 5) is 24.3. The van der Waals surface area contributed by atoms with Crippen LogP contribution in [0.25, 0.3) is 0 Å². The van der Waals surface area contributed by atoms with Crippen LogP contribution >= 0.6 is 0 Å². The van der Waals surface area contributed by atoms with Gasteiger partial charge in [-0.3, -0.25) is 9.59 Å². The van der Waals surface area contributed by atoms with Crippen LogP contribution in [-0.4, -0.2) is 22.9 Å². The summed E-state index contributed by atoms with van der Waals surface area (Å²) in [7, 11) is 0. The fraction of sp³-hybridized carbons (Fsp3) is 0.368. The number of amides is 2. The number of carbonyl (C=O) groups is 2. The van der Waals surface area contributed by atoms with E-state index >= 15 is 0 Å². The number of nitrogens with one attached hydrogen (secondary N) is 2. The largest absolute Gasteiger partial charge is 0.354 e. The molecule has 0 aliphatic rings. The lowest BCUT2D eigenvalue weighted by molar-refractivity contribution is -0.124. The average Bonchev–Trinajstić information content (AvgIpc) is 3.06. The molecule has 1 aromatic heterocycles. The Morgan fingerprint density at radius 3 is 2.58 bits per heavy atom. The molecule has 0 spiro atoms. The van der Waals surface area contributed by atoms with Crippen LogP contribution in [0.3, 0.4) is 0 Å². The maximum atomic E-state index is 12.4. The fourth-order valence-corrected chi connectivity index (χ4v) is 2.61. The van der Waals surface area contributed by atoms with Crippen LogP contribution < -0.4 is 10.6 Å². The van der Waals surface area contributed by atoms with Gasteiger partial charge in [0, 0.05) is 31.0 Å². The number of carbonyl (C=O) groups excluding carboxylic acids is 2. The van der Waals surface area contributed by atoms with Gasteiger partial charge < -0.3 is 15.2 Å². The Labute approximate surface area is 143 Å². The molecular weight excluding hydrogens is 302 g/mol. The van der Waals surface area contributed by atoms with Crippen molar-refractivity contribution in [3.05, 3.63) is 54.4 Å². The van der Waals surface area contributed by atoms with Gasteiger partial charge in [0.15, 0.2) is 0 Å². The Kier molecular flexibility index (Phi) is 6.61. The lowest BCUT2D eigenvalue weighted by Gasteiger charge is -2.18. The second-order valence-electron chi connectivity index (χ2n) is 5.89. The molecule has 1 heterocycles. The minimum Gasteiger partial charge on any atom is -0.354 e. The topological polar surface area (TPSA) is 63.1 Å². The molecule has 0 bridgehead atoms. The highest BCUT2D eigenvalue weighted by Crippen LogP contribution is 2.14. The van der Waals surface area contributed by atoms with Gasteiger partial charge in [0.1, 0.15) is 6.04 Å². The number of aryl methyl sites for hydroxylation is 1. The molecule has 2 N–H and O–H groups in total. The molecule has 0 saturated carbocycles. The van der Waals surface area contributed by atoms with Crippen LogP contribution in [0.4, 0.5) is 5.69 Å². The predicted molar refractivity (Wildman–Crippen MR) is 95.8 cm³/mol. The van der Waals surface area contributed by atoms with E-state index in [0.717, 1.165) is 24.1 Å². The monoisotopic (exact) mass is 327 g/mol. The standard InChI is InChI=1S/C19H25N3O2/c1-3-7-17(22-12-4-5-13-22)19(24)20-11-10-18(23)21-16-9-6-8-15(2)14-16/h4-6,8-9,12-14,17H,3,7,10-11H2,1-2H3,(H,20,24)(H,21,23). The summed E-state index contributed by atoms with van der Waals surface area (Å²) < 4.78 is 1.91. The first kappa shape index (κ1) is 17.8. The van der Waals surface area contributed by atoms with E-state index in [9.17, 15) is 9.59 Å². The summed E-state index contributed by atoms with van der Waals surface area (Å²) in [6.07, 6.45) is 5.74. The summed E-state index contributed by atoms with van der Waals surface area (Å²) in [5.41, 5.74) is 1.87. The molecule has 5 heteroatoms. The normalized spacial score (nSPS) is 11.8. The van der Waals surface area contributed by atoms with Gasteiger partial charge in [0.25, 0.3) is 0 Å². The minimum absolute atomic E-state index is 0.0450. The molecule has 0 saturated heterocycles. The average molecular weight is 327 g/mol. The summed E-state index contributed by atoms with van der Waals surface area (Å²) in [6.45, 7) is 4.36. The third-order valence-electron chi connectivity index (χ3n) is 3.81. The highest BCUT2D eigenvalue weighted by Gasteiger charge is 2.18. The lowest BCUT2D eigenvalue weighted by atomic mass is 10.1. The van der Waals surface area contributed by atoms with Crippen LogP contribution in [-0.2, 0) is 9.59 Å². The van der Waals surface area contributed by atoms with Crippen molar-refractivity contribution >= 4 is 17.5 Å². The molecule has 5 nitrogen and oxygen atoms in total. The molecule has 1 aromatic carbocycles. The molecule has 2 rings (SSSR count). The molecule has 0 aliphatic heterocycles. The predicted octanol–water partition coefficient (Wildman–Crippen LogP) is 3.28. The fourth-order valence-electron chi connectivity index (χ4n) is 2.61. The van der Waals surface area contributed by atoms with Crippen molar-refractivity contribution in [3.8, 4) is 0 Å². The van der Waals surface area contributed by atoms with Gasteiger partial charge in [-0.05, 0) is 43.2 Å². The molecule has 0 aliphatic carbocycles. The van der Waals surface area contributed by atoms with Crippen molar-refractivity contribution in [1.82, 2.24) is 9.88 Å². The van der Waals surface area contributed by atoms with Crippen molar-refractivity contribution in [1.29, 1.82) is 0 Å². The van der Waals surface area contributed by atoms with Gasteiger partial charge >= 0.3 is 0 Å². The number of aromatic nitrogens is 1. The molecule has 24 heavy (non-hydrogen) atoms. The maximum absolute atomic E-state index is 12.4. The van der Waals surface area contributed by atoms with E-state index in [2.05, 4.69) is 17.6 Å². The van der Waals surface area contributed by atoms with Gasteiger partial charge in [-0.1, -0.05) is 25.5 Å². The van der Waals surface area contributed by atoms with E-state index in [1.165, 1.54) is 0 Å². The van der Waals surface area contributed by atoms with Crippen LogP contribution in [0.5, 0.6) is 0 Å². The van der Waals surface area contributed by atoms with Gasteiger partial charge in [0.05, 0.1) is 0 Å². The van der Waals surface area contributed by atoms with Gasteiger partial charge in [-0.2, -0.15) is 0 Å². The minimum atomic E-state index is -0.218. The third kappa shape index (κ3) is 5.26. The molecule has 1 atom stereocenters. The highest BCUT2D eigenvalue weighted by atomic mass is 16.2. The van der Waals surface area contributed by atoms with Gasteiger partial charge in [-0.25, -0.2) is 0 Å². The molecule has 2 aromatic rings. The molecule has 0 fully saturated rings. The van der Waals surface area contributed by atoms with Gasteiger partial charge in [-0.15, -0.1) is 0 Å². The SMILES string of the molecule is CCCC(C(=O)NCCC(=O)Nc1cccc(C)c1)n1cccc1. The van der Waals surface area contributed by atoms with Crippen LogP contribution in [0.15, 0.2) is 48.8 Å². The summed E-state index contributed by atoms with van der Waals surface area (Å²) in [5, 5.41) is 5.71. The zero-order valence-corrected chi connectivity index (χ0v) is 14.3. The first-order valence-electron chi connectivity index (χ1n) is 8.37. The number of anilines is 1. The van der Waals surface area contributed by atoms with Crippen molar-refractivity contribution in [2.45, 2.75) is 39.2 Å². The van der Waals surface area contributed by atoms with E-state index in [0.29, 0.717) is 6.54 Å². The second-order valence-corrected chi connectivity index (χ2v) is 5.89. The Balaban J connectivity index is 1.79. The smallest absolute Gasteiger partial charge is 0.243 e. The number of hydrogen-bond donors (Lipinski definition) is 2. The lowest BCUT2D eigenvalue weighted by Crippen LogP contribution is -2.34. The first-order chi connectivity index (χ1) is 11.6. The van der Waals surface area contributed by atoms with E-state index in [4.69, 9.17) is 0 Å².